The molecule has 1 aromatic rings. The summed E-state index contributed by atoms with van der Waals surface area (Å²) in [4.78, 5) is 14.3. The molecule has 2 aliphatic rings. The van der Waals surface area contributed by atoms with E-state index in [1.807, 2.05) is 6.92 Å². The van der Waals surface area contributed by atoms with E-state index in [0.29, 0.717) is 30.4 Å². The van der Waals surface area contributed by atoms with Gasteiger partial charge in [0.1, 0.15) is 0 Å². The Morgan fingerprint density at radius 1 is 1.50 bits per heavy atom. The van der Waals surface area contributed by atoms with Crippen LogP contribution >= 0.6 is 0 Å². The predicted molar refractivity (Wildman–Crippen MR) is 75.5 cm³/mol. The van der Waals surface area contributed by atoms with Crippen molar-refractivity contribution in [3.05, 3.63) is 11.4 Å². The number of hydrogen-bond donors (Lipinski definition) is 2. The number of nitrogens with one attached hydrogen (secondary N) is 1. The van der Waals surface area contributed by atoms with Crippen molar-refractivity contribution >= 4 is 11.6 Å². The highest BCUT2D eigenvalue weighted by molar-refractivity contribution is 5.97. The fourth-order valence-corrected chi connectivity index (χ4v) is 2.75. The van der Waals surface area contributed by atoms with Crippen molar-refractivity contribution in [1.82, 2.24) is 15.1 Å². The Hall–Kier alpha value is -1.56. The summed E-state index contributed by atoms with van der Waals surface area (Å²) in [6, 6.07) is 0. The maximum absolute atomic E-state index is 12.5. The van der Waals surface area contributed by atoms with E-state index in [1.54, 1.807) is 4.90 Å². The molecule has 1 aromatic heterocycles. The number of nitrogens with zero attached hydrogens (tertiary/aromatic N) is 2. The van der Waals surface area contributed by atoms with Crippen LogP contribution in [0, 0.1) is 0 Å². The molecular formula is C14H22N4O2. The Labute approximate surface area is 118 Å². The van der Waals surface area contributed by atoms with E-state index in [4.69, 9.17) is 10.5 Å². The van der Waals surface area contributed by atoms with Crippen molar-refractivity contribution in [3.8, 4) is 0 Å². The Balaban J connectivity index is 1.72. The van der Waals surface area contributed by atoms with E-state index < -0.39 is 0 Å². The van der Waals surface area contributed by atoms with E-state index in [9.17, 15) is 4.79 Å². The van der Waals surface area contributed by atoms with Crippen molar-refractivity contribution in [2.75, 3.05) is 25.4 Å². The number of ether oxygens (including phenoxy) is 1. The first kappa shape index (κ1) is 13.4. The highest BCUT2D eigenvalue weighted by Gasteiger charge is 2.32. The lowest BCUT2D eigenvalue weighted by Gasteiger charge is -2.23. The summed E-state index contributed by atoms with van der Waals surface area (Å²) < 4.78 is 5.60. The van der Waals surface area contributed by atoms with Crippen LogP contribution in [-0.2, 0) is 4.74 Å². The van der Waals surface area contributed by atoms with Gasteiger partial charge in [-0.05, 0) is 32.6 Å². The number of nitrogen functional groups attached to an aromatic ring is 1. The van der Waals surface area contributed by atoms with Crippen molar-refractivity contribution in [1.29, 1.82) is 0 Å². The Morgan fingerprint density at radius 2 is 2.30 bits per heavy atom. The highest BCUT2D eigenvalue weighted by atomic mass is 16.5. The molecule has 1 amide bonds. The lowest BCUT2D eigenvalue weighted by molar-refractivity contribution is 0.0535. The molecular weight excluding hydrogens is 256 g/mol. The maximum atomic E-state index is 12.5. The van der Waals surface area contributed by atoms with Gasteiger partial charge in [0.15, 0.2) is 5.69 Å². The molecule has 110 valence electrons. The van der Waals surface area contributed by atoms with Gasteiger partial charge in [-0.15, -0.1) is 0 Å². The maximum Gasteiger partial charge on any atom is 0.276 e. The van der Waals surface area contributed by atoms with Gasteiger partial charge in [-0.1, -0.05) is 0 Å². The van der Waals surface area contributed by atoms with Crippen LogP contribution in [0.5, 0.6) is 0 Å². The lowest BCUT2D eigenvalue weighted by atomic mass is 10.2. The summed E-state index contributed by atoms with van der Waals surface area (Å²) in [5.41, 5.74) is 7.90. The number of amides is 1. The van der Waals surface area contributed by atoms with Crippen LogP contribution in [0.1, 0.15) is 54.7 Å². The van der Waals surface area contributed by atoms with E-state index in [0.717, 1.165) is 38.0 Å². The summed E-state index contributed by atoms with van der Waals surface area (Å²) in [7, 11) is 0. The molecule has 0 bridgehead atoms. The van der Waals surface area contributed by atoms with Crippen LogP contribution < -0.4 is 5.73 Å². The Kier molecular flexibility index (Phi) is 3.65. The fraction of sp³-hybridized carbons (Fsp3) is 0.714. The molecule has 2 fully saturated rings. The number of rotatable bonds is 5. The van der Waals surface area contributed by atoms with Crippen molar-refractivity contribution in [2.45, 2.75) is 44.6 Å². The van der Waals surface area contributed by atoms with E-state index in [2.05, 4.69) is 10.2 Å². The summed E-state index contributed by atoms with van der Waals surface area (Å²) in [6.45, 7) is 4.04. The van der Waals surface area contributed by atoms with Gasteiger partial charge >= 0.3 is 0 Å². The third kappa shape index (κ3) is 2.52. The quantitative estimate of drug-likeness (QED) is 0.855. The normalized spacial score (nSPS) is 22.1. The monoisotopic (exact) mass is 278 g/mol. The average molecular weight is 278 g/mol. The molecule has 0 aromatic carbocycles. The molecule has 1 saturated heterocycles. The largest absolute Gasteiger partial charge is 0.395 e. The molecule has 1 atom stereocenters. The number of anilines is 1. The minimum Gasteiger partial charge on any atom is -0.395 e. The Morgan fingerprint density at radius 3 is 2.90 bits per heavy atom. The first-order chi connectivity index (χ1) is 9.70. The number of aromatic amines is 1. The minimum absolute atomic E-state index is 0.0938. The molecule has 1 aliphatic heterocycles. The number of H-pyrrole nitrogens is 1. The molecule has 6 nitrogen and oxygen atoms in total. The minimum atomic E-state index is -0.0938. The van der Waals surface area contributed by atoms with E-state index >= 15 is 0 Å². The summed E-state index contributed by atoms with van der Waals surface area (Å²) in [5.74, 6) is 0.376. The summed E-state index contributed by atoms with van der Waals surface area (Å²) >= 11 is 0. The average Bonchev–Trinajstić information content (AvgIpc) is 3.02. The zero-order valence-corrected chi connectivity index (χ0v) is 11.9. The molecule has 0 radical (unpaired) electrons. The molecule has 1 unspecified atom stereocenters. The lowest BCUT2D eigenvalue weighted by Crippen LogP contribution is -2.37. The van der Waals surface area contributed by atoms with Crippen LogP contribution in [0.15, 0.2) is 0 Å². The SMILES string of the molecule is CCN(CC1CCCO1)C(=O)c1n[nH]c(C2CC2)c1N. The molecule has 20 heavy (non-hydrogen) atoms. The van der Waals surface area contributed by atoms with Gasteiger partial charge in [0, 0.05) is 25.6 Å². The predicted octanol–water partition coefficient (Wildman–Crippen LogP) is 1.51. The summed E-state index contributed by atoms with van der Waals surface area (Å²) in [6.07, 6.45) is 4.52. The number of hydrogen-bond acceptors (Lipinski definition) is 4. The van der Waals surface area contributed by atoms with Gasteiger partial charge in [0.2, 0.25) is 0 Å². The number of nitrogens with two attached hydrogens (primary N) is 1. The van der Waals surface area contributed by atoms with Gasteiger partial charge in [0.25, 0.3) is 5.91 Å². The molecule has 1 saturated carbocycles. The highest BCUT2D eigenvalue weighted by Crippen LogP contribution is 2.42. The third-order valence-corrected chi connectivity index (χ3v) is 4.14. The smallest absolute Gasteiger partial charge is 0.276 e. The molecule has 1 aliphatic carbocycles. The zero-order chi connectivity index (χ0) is 14.1. The van der Waals surface area contributed by atoms with Gasteiger partial charge in [-0.2, -0.15) is 5.10 Å². The molecule has 0 spiro atoms. The standard InChI is InChI=1S/C14H22N4O2/c1-2-18(8-10-4-3-7-20-10)14(19)13-11(15)12(16-17-13)9-5-6-9/h9-10H,2-8,15H2,1H3,(H,16,17). The third-order valence-electron chi connectivity index (χ3n) is 4.14. The van der Waals surface area contributed by atoms with Gasteiger partial charge in [0.05, 0.1) is 17.5 Å². The van der Waals surface area contributed by atoms with Crippen LogP contribution in [0.2, 0.25) is 0 Å². The van der Waals surface area contributed by atoms with Crippen LogP contribution in [-0.4, -0.2) is 46.8 Å². The first-order valence-corrected chi connectivity index (χ1v) is 7.45. The molecule has 6 heteroatoms. The van der Waals surface area contributed by atoms with Crippen molar-refractivity contribution in [2.24, 2.45) is 0 Å². The van der Waals surface area contributed by atoms with Crippen molar-refractivity contribution < 1.29 is 9.53 Å². The first-order valence-electron chi connectivity index (χ1n) is 7.45. The second kappa shape index (κ2) is 5.44. The molecule has 2 heterocycles. The summed E-state index contributed by atoms with van der Waals surface area (Å²) in [5, 5.41) is 7.07. The topological polar surface area (TPSA) is 84.2 Å². The second-order valence-electron chi connectivity index (χ2n) is 5.65. The number of carbonyl (C=O) groups excluding carboxylic acids is 1. The second-order valence-corrected chi connectivity index (χ2v) is 5.65. The van der Waals surface area contributed by atoms with Gasteiger partial charge in [-0.25, -0.2) is 0 Å². The van der Waals surface area contributed by atoms with Gasteiger partial charge < -0.3 is 15.4 Å². The zero-order valence-electron chi connectivity index (χ0n) is 11.9. The molecule has 3 rings (SSSR count). The van der Waals surface area contributed by atoms with Crippen molar-refractivity contribution in [3.63, 3.8) is 0 Å². The number of likely N-dealkylation sites (N-methyl/N-ethyl adjacent to an activating group) is 1. The van der Waals surface area contributed by atoms with Crippen LogP contribution in [0.4, 0.5) is 5.69 Å². The Bertz CT molecular complexity index is 489. The van der Waals surface area contributed by atoms with E-state index in [1.165, 1.54) is 0 Å². The van der Waals surface area contributed by atoms with Crippen LogP contribution in [0.3, 0.4) is 0 Å². The number of aromatic nitrogens is 2. The van der Waals surface area contributed by atoms with Crippen LogP contribution in [0.25, 0.3) is 0 Å². The van der Waals surface area contributed by atoms with E-state index in [-0.39, 0.29) is 12.0 Å². The fourth-order valence-electron chi connectivity index (χ4n) is 2.75. The molecule has 3 N–H and O–H groups in total. The number of carbonyl (C=O) groups is 1. The van der Waals surface area contributed by atoms with Gasteiger partial charge in [-0.3, -0.25) is 9.89 Å².